The van der Waals surface area contributed by atoms with E-state index < -0.39 is 0 Å². The number of ether oxygens (including phenoxy) is 1. The molecule has 0 saturated heterocycles. The summed E-state index contributed by atoms with van der Waals surface area (Å²) in [5.74, 6) is 5.56. The van der Waals surface area contributed by atoms with Crippen molar-refractivity contribution in [3.05, 3.63) is 64.7 Å². The van der Waals surface area contributed by atoms with Crippen LogP contribution >= 0.6 is 11.6 Å². The monoisotopic (exact) mass is 290 g/mol. The van der Waals surface area contributed by atoms with Crippen LogP contribution in [0.3, 0.4) is 0 Å². The number of nitrogens with one attached hydrogen (secondary N) is 1. The Labute approximate surface area is 122 Å². The lowest BCUT2D eigenvalue weighted by molar-refractivity contribution is -0.120. The maximum Gasteiger partial charge on any atom is 0.238 e. The highest BCUT2D eigenvalue weighted by atomic mass is 35.5. The van der Waals surface area contributed by atoms with Crippen LogP contribution in [0.25, 0.3) is 0 Å². The lowest BCUT2D eigenvalue weighted by atomic mass is 10.1. The van der Waals surface area contributed by atoms with Crippen molar-refractivity contribution in [2.75, 3.05) is 0 Å². The van der Waals surface area contributed by atoms with Gasteiger partial charge in [0, 0.05) is 5.02 Å². The Morgan fingerprint density at radius 2 is 1.90 bits per heavy atom. The summed E-state index contributed by atoms with van der Waals surface area (Å²) < 4.78 is 5.68. The Hall–Kier alpha value is -2.04. The molecule has 20 heavy (non-hydrogen) atoms. The van der Waals surface area contributed by atoms with E-state index in [9.17, 15) is 4.79 Å². The Morgan fingerprint density at radius 3 is 2.60 bits per heavy atom. The number of hydrogen-bond acceptors (Lipinski definition) is 3. The first kappa shape index (κ1) is 14.4. The van der Waals surface area contributed by atoms with Crippen LogP contribution < -0.4 is 16.0 Å². The van der Waals surface area contributed by atoms with Crippen molar-refractivity contribution in [3.63, 3.8) is 0 Å². The molecule has 0 fully saturated rings. The molecule has 0 unspecified atom stereocenters. The van der Waals surface area contributed by atoms with Gasteiger partial charge in [-0.15, -0.1) is 0 Å². The molecule has 0 bridgehead atoms. The summed E-state index contributed by atoms with van der Waals surface area (Å²) in [6.45, 7) is 0.369. The third-order valence-electron chi connectivity index (χ3n) is 2.82. The maximum absolute atomic E-state index is 11.4. The van der Waals surface area contributed by atoms with E-state index in [2.05, 4.69) is 5.43 Å². The molecule has 3 N–H and O–H groups in total. The van der Waals surface area contributed by atoms with Crippen molar-refractivity contribution >= 4 is 17.5 Å². The summed E-state index contributed by atoms with van der Waals surface area (Å²) in [7, 11) is 0. The molecule has 0 atom stereocenters. The zero-order valence-electron chi connectivity index (χ0n) is 10.8. The Balaban J connectivity index is 2.07. The van der Waals surface area contributed by atoms with Gasteiger partial charge in [0.05, 0.1) is 6.42 Å². The van der Waals surface area contributed by atoms with Gasteiger partial charge in [-0.25, -0.2) is 5.84 Å². The van der Waals surface area contributed by atoms with Crippen LogP contribution in [0.15, 0.2) is 48.5 Å². The standard InChI is InChI=1S/C15H15ClN2O2/c16-13-6-3-7-14(9-13)20-10-12-5-2-1-4-11(12)8-15(19)18-17/h1-7,9H,8,10,17H2,(H,18,19). The first-order chi connectivity index (χ1) is 9.69. The molecule has 0 radical (unpaired) electrons. The van der Waals surface area contributed by atoms with Gasteiger partial charge in [-0.05, 0) is 29.3 Å². The van der Waals surface area contributed by atoms with Gasteiger partial charge < -0.3 is 4.74 Å². The zero-order chi connectivity index (χ0) is 14.4. The van der Waals surface area contributed by atoms with Gasteiger partial charge >= 0.3 is 0 Å². The summed E-state index contributed by atoms with van der Waals surface area (Å²) in [6.07, 6.45) is 0.228. The summed E-state index contributed by atoms with van der Waals surface area (Å²) in [5.41, 5.74) is 3.95. The predicted molar refractivity (Wildman–Crippen MR) is 78.3 cm³/mol. The molecule has 0 aromatic heterocycles. The van der Waals surface area contributed by atoms with Crippen LogP contribution in [0.5, 0.6) is 5.75 Å². The molecule has 2 aromatic carbocycles. The molecular weight excluding hydrogens is 276 g/mol. The van der Waals surface area contributed by atoms with Crippen LogP contribution in [-0.4, -0.2) is 5.91 Å². The van der Waals surface area contributed by atoms with Crippen molar-refractivity contribution in [1.82, 2.24) is 5.43 Å². The predicted octanol–water partition coefficient (Wildman–Crippen LogP) is 2.45. The first-order valence-corrected chi connectivity index (χ1v) is 6.51. The van der Waals surface area contributed by atoms with E-state index in [1.165, 1.54) is 0 Å². The average molecular weight is 291 g/mol. The number of hydrazine groups is 1. The average Bonchev–Trinajstić information content (AvgIpc) is 2.46. The van der Waals surface area contributed by atoms with Crippen molar-refractivity contribution in [1.29, 1.82) is 0 Å². The van der Waals surface area contributed by atoms with Crippen molar-refractivity contribution in [2.24, 2.45) is 5.84 Å². The Bertz CT molecular complexity index is 602. The molecule has 104 valence electrons. The van der Waals surface area contributed by atoms with Gasteiger partial charge in [-0.2, -0.15) is 0 Å². The number of carbonyl (C=O) groups is 1. The molecule has 2 aromatic rings. The smallest absolute Gasteiger partial charge is 0.238 e. The molecule has 0 spiro atoms. The van der Waals surface area contributed by atoms with Crippen molar-refractivity contribution in [2.45, 2.75) is 13.0 Å². The lowest BCUT2D eigenvalue weighted by Gasteiger charge is -2.10. The SMILES string of the molecule is NNC(=O)Cc1ccccc1COc1cccc(Cl)c1. The Morgan fingerprint density at radius 1 is 1.15 bits per heavy atom. The minimum absolute atomic E-state index is 0.228. The third-order valence-corrected chi connectivity index (χ3v) is 3.06. The van der Waals surface area contributed by atoms with Gasteiger partial charge in [0.2, 0.25) is 5.91 Å². The fraction of sp³-hybridized carbons (Fsp3) is 0.133. The second-order valence-electron chi connectivity index (χ2n) is 4.26. The van der Waals surface area contributed by atoms with E-state index in [1.807, 2.05) is 36.4 Å². The highest BCUT2D eigenvalue weighted by molar-refractivity contribution is 6.30. The fourth-order valence-electron chi connectivity index (χ4n) is 1.81. The first-order valence-electron chi connectivity index (χ1n) is 6.13. The quantitative estimate of drug-likeness (QED) is 0.505. The van der Waals surface area contributed by atoms with E-state index in [1.54, 1.807) is 12.1 Å². The molecule has 0 saturated carbocycles. The van der Waals surface area contributed by atoms with Crippen LogP contribution in [0.1, 0.15) is 11.1 Å². The summed E-state index contributed by atoms with van der Waals surface area (Å²) >= 11 is 5.90. The summed E-state index contributed by atoms with van der Waals surface area (Å²) in [5, 5.41) is 0.623. The van der Waals surface area contributed by atoms with Gasteiger partial charge in [0.1, 0.15) is 12.4 Å². The summed E-state index contributed by atoms with van der Waals surface area (Å²) in [4.78, 5) is 11.4. The number of nitrogens with two attached hydrogens (primary N) is 1. The van der Waals surface area contributed by atoms with E-state index in [0.717, 1.165) is 11.1 Å². The van der Waals surface area contributed by atoms with Crippen LogP contribution in [-0.2, 0) is 17.8 Å². The molecule has 1 amide bonds. The number of carbonyl (C=O) groups excluding carboxylic acids is 1. The summed E-state index contributed by atoms with van der Waals surface area (Å²) in [6, 6.07) is 14.8. The van der Waals surface area contributed by atoms with E-state index >= 15 is 0 Å². The molecule has 4 nitrogen and oxygen atoms in total. The highest BCUT2D eigenvalue weighted by Gasteiger charge is 2.07. The van der Waals surface area contributed by atoms with E-state index in [0.29, 0.717) is 17.4 Å². The molecule has 0 aliphatic heterocycles. The lowest BCUT2D eigenvalue weighted by Crippen LogP contribution is -2.31. The molecule has 2 rings (SSSR count). The van der Waals surface area contributed by atoms with Gasteiger partial charge in [-0.1, -0.05) is 41.9 Å². The largest absolute Gasteiger partial charge is 0.489 e. The molecule has 0 aliphatic carbocycles. The van der Waals surface area contributed by atoms with Gasteiger partial charge in [-0.3, -0.25) is 10.2 Å². The second kappa shape index (κ2) is 6.93. The van der Waals surface area contributed by atoms with Crippen molar-refractivity contribution in [3.8, 4) is 5.75 Å². The maximum atomic E-state index is 11.4. The number of amides is 1. The molecule has 5 heteroatoms. The number of halogens is 1. The Kier molecular flexibility index (Phi) is 4.98. The fourth-order valence-corrected chi connectivity index (χ4v) is 1.99. The van der Waals surface area contributed by atoms with Crippen LogP contribution in [0, 0.1) is 0 Å². The van der Waals surface area contributed by atoms with E-state index in [-0.39, 0.29) is 12.3 Å². The molecular formula is C15H15ClN2O2. The topological polar surface area (TPSA) is 64.3 Å². The van der Waals surface area contributed by atoms with Gasteiger partial charge in [0.15, 0.2) is 0 Å². The zero-order valence-corrected chi connectivity index (χ0v) is 11.6. The normalized spacial score (nSPS) is 10.1. The number of benzene rings is 2. The molecule has 0 aliphatic rings. The minimum atomic E-state index is -0.236. The number of rotatable bonds is 5. The third kappa shape index (κ3) is 3.98. The van der Waals surface area contributed by atoms with E-state index in [4.69, 9.17) is 22.2 Å². The van der Waals surface area contributed by atoms with Crippen LogP contribution in [0.4, 0.5) is 0 Å². The van der Waals surface area contributed by atoms with Crippen molar-refractivity contribution < 1.29 is 9.53 Å². The highest BCUT2D eigenvalue weighted by Crippen LogP contribution is 2.19. The number of hydrogen-bond donors (Lipinski definition) is 2. The minimum Gasteiger partial charge on any atom is -0.489 e. The second-order valence-corrected chi connectivity index (χ2v) is 4.70. The van der Waals surface area contributed by atoms with Crippen LogP contribution in [0.2, 0.25) is 5.02 Å². The van der Waals surface area contributed by atoms with Gasteiger partial charge in [0.25, 0.3) is 0 Å². The molecule has 0 heterocycles.